The second kappa shape index (κ2) is 10.2. The van der Waals surface area contributed by atoms with Crippen LogP contribution in [0, 0.1) is 0 Å². The third-order valence-electron chi connectivity index (χ3n) is 4.91. The lowest BCUT2D eigenvalue weighted by molar-refractivity contribution is 0.0470. The Balaban J connectivity index is 1.82. The van der Waals surface area contributed by atoms with Gasteiger partial charge in [0.15, 0.2) is 6.61 Å². The Bertz CT molecular complexity index is 1260. The highest BCUT2D eigenvalue weighted by Gasteiger charge is 2.28. The topological polar surface area (TPSA) is 99.2 Å². The summed E-state index contributed by atoms with van der Waals surface area (Å²) in [5.74, 6) is -0.675. The van der Waals surface area contributed by atoms with E-state index in [4.69, 9.17) is 14.2 Å². The number of esters is 1. The molecule has 3 aromatic rings. The number of para-hydroxylation sites is 1. The summed E-state index contributed by atoms with van der Waals surface area (Å²) in [6.07, 6.45) is 0. The van der Waals surface area contributed by atoms with Gasteiger partial charge < -0.3 is 14.2 Å². The number of ether oxygens (including phenoxy) is 3. The SMILES string of the molecule is COc1ccc(C(=O)COC(=O)c2ccccc2S(=O)(=O)N(C)c2ccccc2)c(OC)c1. The number of carbonyl (C=O) groups excluding carboxylic acids is 2. The smallest absolute Gasteiger partial charge is 0.339 e. The van der Waals surface area contributed by atoms with Crippen LogP contribution in [-0.2, 0) is 14.8 Å². The monoisotopic (exact) mass is 469 g/mol. The van der Waals surface area contributed by atoms with Crippen LogP contribution in [0.15, 0.2) is 77.7 Å². The summed E-state index contributed by atoms with van der Waals surface area (Å²) in [6.45, 7) is -0.593. The molecule has 0 saturated carbocycles. The first-order valence-corrected chi connectivity index (χ1v) is 11.3. The molecule has 3 aromatic carbocycles. The van der Waals surface area contributed by atoms with Gasteiger partial charge in [-0.05, 0) is 36.4 Å². The van der Waals surface area contributed by atoms with Crippen molar-refractivity contribution in [2.24, 2.45) is 0 Å². The van der Waals surface area contributed by atoms with Crippen molar-refractivity contribution in [2.75, 3.05) is 32.2 Å². The van der Waals surface area contributed by atoms with E-state index in [0.29, 0.717) is 11.4 Å². The van der Waals surface area contributed by atoms with E-state index >= 15 is 0 Å². The van der Waals surface area contributed by atoms with Crippen molar-refractivity contribution in [3.8, 4) is 11.5 Å². The van der Waals surface area contributed by atoms with Crippen LogP contribution < -0.4 is 13.8 Å². The fourth-order valence-corrected chi connectivity index (χ4v) is 4.47. The molecule has 9 heteroatoms. The molecule has 0 heterocycles. The second-order valence-corrected chi connectivity index (χ2v) is 8.81. The zero-order valence-electron chi connectivity index (χ0n) is 18.3. The van der Waals surface area contributed by atoms with E-state index in [1.165, 1.54) is 57.7 Å². The van der Waals surface area contributed by atoms with Crippen molar-refractivity contribution in [2.45, 2.75) is 4.90 Å². The van der Waals surface area contributed by atoms with E-state index in [-0.39, 0.29) is 21.8 Å². The summed E-state index contributed by atoms with van der Waals surface area (Å²) in [5, 5.41) is 0. The Hall–Kier alpha value is -3.85. The zero-order chi connectivity index (χ0) is 24.0. The van der Waals surface area contributed by atoms with Crippen molar-refractivity contribution in [3.63, 3.8) is 0 Å². The average molecular weight is 470 g/mol. The van der Waals surface area contributed by atoms with Crippen LogP contribution >= 0.6 is 0 Å². The molecular weight excluding hydrogens is 446 g/mol. The van der Waals surface area contributed by atoms with Gasteiger partial charge >= 0.3 is 5.97 Å². The number of hydrogen-bond donors (Lipinski definition) is 0. The number of sulfonamides is 1. The number of hydrogen-bond acceptors (Lipinski definition) is 7. The standard InChI is InChI=1S/C24H23NO7S/c1-25(17-9-5-4-6-10-17)33(28,29)23-12-8-7-11-20(23)24(27)32-16-21(26)19-14-13-18(30-2)15-22(19)31-3/h4-15H,16H2,1-3H3. The molecule has 33 heavy (non-hydrogen) atoms. The highest BCUT2D eigenvalue weighted by molar-refractivity contribution is 7.92. The van der Waals surface area contributed by atoms with E-state index in [9.17, 15) is 18.0 Å². The molecule has 0 aliphatic heterocycles. The number of rotatable bonds is 9. The molecule has 0 saturated heterocycles. The first-order chi connectivity index (χ1) is 15.8. The summed E-state index contributed by atoms with van der Waals surface area (Å²) in [6, 6.07) is 18.8. The molecule has 172 valence electrons. The largest absolute Gasteiger partial charge is 0.497 e. The Morgan fingerprint density at radius 3 is 2.18 bits per heavy atom. The molecule has 0 radical (unpaired) electrons. The number of carbonyl (C=O) groups is 2. The maximum absolute atomic E-state index is 13.2. The predicted molar refractivity (Wildman–Crippen MR) is 123 cm³/mol. The molecule has 8 nitrogen and oxygen atoms in total. The highest BCUT2D eigenvalue weighted by Crippen LogP contribution is 2.26. The van der Waals surface area contributed by atoms with Crippen molar-refractivity contribution >= 4 is 27.5 Å². The molecule has 0 unspecified atom stereocenters. The normalized spacial score (nSPS) is 10.9. The van der Waals surface area contributed by atoms with Crippen LogP contribution in [0.4, 0.5) is 5.69 Å². The number of Topliss-reactive ketones (excluding diaryl/α,β-unsaturated/α-hetero) is 1. The molecule has 0 fully saturated rings. The van der Waals surface area contributed by atoms with Crippen LogP contribution in [0.3, 0.4) is 0 Å². The van der Waals surface area contributed by atoms with Gasteiger partial charge in [-0.1, -0.05) is 30.3 Å². The predicted octanol–water partition coefficient (Wildman–Crippen LogP) is 3.57. The van der Waals surface area contributed by atoms with Gasteiger partial charge in [0, 0.05) is 13.1 Å². The van der Waals surface area contributed by atoms with Crippen molar-refractivity contribution < 1.29 is 32.2 Å². The number of anilines is 1. The summed E-state index contributed by atoms with van der Waals surface area (Å²) in [7, 11) is 0.222. The lowest BCUT2D eigenvalue weighted by Crippen LogP contribution is -2.28. The van der Waals surface area contributed by atoms with Crippen LogP contribution in [0.5, 0.6) is 11.5 Å². The lowest BCUT2D eigenvalue weighted by atomic mass is 10.1. The Kier molecular flexibility index (Phi) is 7.34. The van der Waals surface area contributed by atoms with Crippen LogP contribution in [0.25, 0.3) is 0 Å². The maximum Gasteiger partial charge on any atom is 0.339 e. The lowest BCUT2D eigenvalue weighted by Gasteiger charge is -2.20. The van der Waals surface area contributed by atoms with E-state index in [0.717, 1.165) is 4.31 Å². The van der Waals surface area contributed by atoms with Crippen LogP contribution in [0.2, 0.25) is 0 Å². The van der Waals surface area contributed by atoms with Gasteiger partial charge in [0.2, 0.25) is 5.78 Å². The maximum atomic E-state index is 13.2. The van der Waals surface area contributed by atoms with E-state index < -0.39 is 28.4 Å². The fraction of sp³-hybridized carbons (Fsp3) is 0.167. The van der Waals surface area contributed by atoms with Crippen molar-refractivity contribution in [3.05, 3.63) is 83.9 Å². The minimum Gasteiger partial charge on any atom is -0.497 e. The quantitative estimate of drug-likeness (QED) is 0.349. The van der Waals surface area contributed by atoms with E-state index in [1.54, 1.807) is 36.4 Å². The first kappa shape index (κ1) is 23.8. The molecule has 0 atom stereocenters. The van der Waals surface area contributed by atoms with E-state index in [1.807, 2.05) is 0 Å². The van der Waals surface area contributed by atoms with Gasteiger partial charge in [0.1, 0.15) is 16.4 Å². The van der Waals surface area contributed by atoms with Gasteiger partial charge in [-0.15, -0.1) is 0 Å². The summed E-state index contributed by atoms with van der Waals surface area (Å²) >= 11 is 0. The van der Waals surface area contributed by atoms with Gasteiger partial charge in [-0.3, -0.25) is 9.10 Å². The summed E-state index contributed by atoms with van der Waals surface area (Å²) < 4.78 is 42.9. The van der Waals surface area contributed by atoms with Gasteiger partial charge in [-0.2, -0.15) is 0 Å². The third kappa shape index (κ3) is 5.15. The molecule has 0 amide bonds. The number of ketones is 1. The third-order valence-corrected chi connectivity index (χ3v) is 6.75. The molecule has 0 aliphatic rings. The minimum absolute atomic E-state index is 0.172. The molecule has 0 aromatic heterocycles. The Labute approximate surface area is 192 Å². The van der Waals surface area contributed by atoms with Gasteiger partial charge in [0.25, 0.3) is 10.0 Å². The summed E-state index contributed by atoms with van der Waals surface area (Å²) in [5.41, 5.74) is 0.466. The molecular formula is C24H23NO7S. The molecule has 0 bridgehead atoms. The number of benzene rings is 3. The first-order valence-electron chi connectivity index (χ1n) is 9.85. The molecule has 0 spiro atoms. The summed E-state index contributed by atoms with van der Waals surface area (Å²) in [4.78, 5) is 25.1. The fourth-order valence-electron chi connectivity index (χ4n) is 3.10. The molecule has 0 N–H and O–H groups in total. The van der Waals surface area contributed by atoms with Gasteiger partial charge in [0.05, 0.1) is 31.0 Å². The Morgan fingerprint density at radius 2 is 1.52 bits per heavy atom. The zero-order valence-corrected chi connectivity index (χ0v) is 19.2. The van der Waals surface area contributed by atoms with Crippen molar-refractivity contribution in [1.29, 1.82) is 0 Å². The van der Waals surface area contributed by atoms with Crippen LogP contribution in [-0.4, -0.2) is 48.0 Å². The van der Waals surface area contributed by atoms with Crippen LogP contribution in [0.1, 0.15) is 20.7 Å². The molecule has 0 aliphatic carbocycles. The Morgan fingerprint density at radius 1 is 0.848 bits per heavy atom. The minimum atomic E-state index is -4.06. The number of methoxy groups -OCH3 is 2. The van der Waals surface area contributed by atoms with E-state index in [2.05, 4.69) is 0 Å². The average Bonchev–Trinajstić information content (AvgIpc) is 2.86. The highest BCUT2D eigenvalue weighted by atomic mass is 32.2. The van der Waals surface area contributed by atoms with Crippen molar-refractivity contribution in [1.82, 2.24) is 0 Å². The second-order valence-electron chi connectivity index (χ2n) is 6.87. The number of nitrogens with zero attached hydrogens (tertiary/aromatic N) is 1. The van der Waals surface area contributed by atoms with Gasteiger partial charge in [-0.25, -0.2) is 13.2 Å². The molecule has 3 rings (SSSR count).